The van der Waals surface area contributed by atoms with Gasteiger partial charge in [0.05, 0.1) is 6.61 Å². The van der Waals surface area contributed by atoms with Crippen molar-refractivity contribution in [3.05, 3.63) is 54.1 Å². The summed E-state index contributed by atoms with van der Waals surface area (Å²) in [6.07, 6.45) is -0.666. The molecule has 0 spiro atoms. The molecule has 4 N–H and O–H groups in total. The van der Waals surface area contributed by atoms with E-state index >= 15 is 0 Å². The minimum Gasteiger partial charge on any atom is -0.480 e. The van der Waals surface area contributed by atoms with E-state index in [1.54, 1.807) is 19.1 Å². The van der Waals surface area contributed by atoms with Gasteiger partial charge in [-0.3, -0.25) is 0 Å². The van der Waals surface area contributed by atoms with Crippen molar-refractivity contribution < 1.29 is 28.2 Å². The van der Waals surface area contributed by atoms with Crippen LogP contribution in [-0.4, -0.2) is 48.8 Å². The lowest BCUT2D eigenvalue weighted by atomic mass is 10.1. The second-order valence-corrected chi connectivity index (χ2v) is 6.49. The monoisotopic (exact) mass is 434 g/mol. The fourth-order valence-corrected chi connectivity index (χ4v) is 2.62. The van der Waals surface area contributed by atoms with Crippen molar-refractivity contribution in [2.45, 2.75) is 19.1 Å². The number of carbonyl (C=O) groups is 1. The lowest BCUT2D eigenvalue weighted by molar-refractivity contribution is -0.141. The number of anilines is 3. The predicted octanol–water partition coefficient (Wildman–Crippen LogP) is 2.86. The van der Waals surface area contributed by atoms with E-state index in [1.165, 1.54) is 12.4 Å². The summed E-state index contributed by atoms with van der Waals surface area (Å²) >= 11 is 0. The number of carboxylic acids is 1. The molecule has 3 rings (SSSR count). The van der Waals surface area contributed by atoms with Crippen LogP contribution >= 0.6 is 0 Å². The molecule has 0 fully saturated rings. The third kappa shape index (κ3) is 5.63. The molecular formula is C19H17F3N6O3. The van der Waals surface area contributed by atoms with Crippen LogP contribution in [0, 0.1) is 6.92 Å². The number of aliphatic carboxylic acids is 1. The van der Waals surface area contributed by atoms with Crippen LogP contribution in [0.4, 0.5) is 30.8 Å². The van der Waals surface area contributed by atoms with Crippen LogP contribution in [0.1, 0.15) is 11.3 Å². The fraction of sp³-hybridized carbons (Fsp3) is 0.211. The zero-order valence-corrected chi connectivity index (χ0v) is 16.1. The summed E-state index contributed by atoms with van der Waals surface area (Å²) in [4.78, 5) is 26.3. The molecule has 1 aromatic carbocycles. The summed E-state index contributed by atoms with van der Waals surface area (Å²) in [6, 6.07) is 4.73. The molecule has 0 aliphatic heterocycles. The Morgan fingerprint density at radius 1 is 1.10 bits per heavy atom. The van der Waals surface area contributed by atoms with Gasteiger partial charge in [0.1, 0.15) is 5.69 Å². The van der Waals surface area contributed by atoms with E-state index in [9.17, 15) is 18.0 Å². The second-order valence-electron chi connectivity index (χ2n) is 6.49. The first-order valence-corrected chi connectivity index (χ1v) is 8.87. The van der Waals surface area contributed by atoms with Gasteiger partial charge in [0, 0.05) is 29.8 Å². The lowest BCUT2D eigenvalue weighted by Gasteiger charge is -2.12. The average molecular weight is 434 g/mol. The highest BCUT2D eigenvalue weighted by atomic mass is 19.4. The Kier molecular flexibility index (Phi) is 6.30. The molecule has 9 nitrogen and oxygen atoms in total. The molecule has 0 bridgehead atoms. The van der Waals surface area contributed by atoms with Crippen LogP contribution in [0.15, 0.2) is 42.9 Å². The number of alkyl halides is 3. The number of hydrogen-bond acceptors (Lipinski definition) is 8. The van der Waals surface area contributed by atoms with Crippen LogP contribution in [0.2, 0.25) is 0 Å². The molecule has 12 heteroatoms. The average Bonchev–Trinajstić information content (AvgIpc) is 2.71. The molecule has 31 heavy (non-hydrogen) atoms. The molecule has 0 aliphatic rings. The molecule has 0 unspecified atom stereocenters. The first-order chi connectivity index (χ1) is 14.7. The first kappa shape index (κ1) is 21.9. The van der Waals surface area contributed by atoms with Gasteiger partial charge in [0.25, 0.3) is 0 Å². The number of aliphatic hydroxyl groups excluding tert-OH is 1. The van der Waals surface area contributed by atoms with Crippen LogP contribution in [0.3, 0.4) is 0 Å². The van der Waals surface area contributed by atoms with Gasteiger partial charge < -0.3 is 20.8 Å². The molecular weight excluding hydrogens is 417 g/mol. The fourth-order valence-electron chi connectivity index (χ4n) is 2.62. The number of benzene rings is 1. The normalized spacial score (nSPS) is 12.3. The molecule has 0 amide bonds. The summed E-state index contributed by atoms with van der Waals surface area (Å²) in [5, 5.41) is 23.3. The largest absolute Gasteiger partial charge is 0.480 e. The van der Waals surface area contributed by atoms with E-state index in [-0.39, 0.29) is 11.9 Å². The summed E-state index contributed by atoms with van der Waals surface area (Å²) < 4.78 is 38.6. The molecule has 3 aromatic rings. The van der Waals surface area contributed by atoms with E-state index in [1.807, 2.05) is 6.07 Å². The zero-order chi connectivity index (χ0) is 22.6. The molecule has 0 radical (unpaired) electrons. The SMILES string of the molecule is Cc1cc(Nc2nccc(C(F)(F)F)n2)cc(-c2cnc(N[C@@H](CO)C(=O)O)nc2)c1. The summed E-state index contributed by atoms with van der Waals surface area (Å²) in [5.41, 5.74) is 1.45. The summed E-state index contributed by atoms with van der Waals surface area (Å²) in [5.74, 6) is -1.43. The maximum atomic E-state index is 12.9. The van der Waals surface area contributed by atoms with Gasteiger partial charge in [-0.2, -0.15) is 13.2 Å². The molecule has 0 saturated heterocycles. The quantitative estimate of drug-likeness (QED) is 0.443. The van der Waals surface area contributed by atoms with Crippen molar-refractivity contribution in [3.8, 4) is 11.1 Å². The van der Waals surface area contributed by atoms with Crippen LogP contribution in [0.5, 0.6) is 0 Å². The Labute approximate surface area is 174 Å². The van der Waals surface area contributed by atoms with Gasteiger partial charge in [0.15, 0.2) is 6.04 Å². The number of nitrogens with one attached hydrogen (secondary N) is 2. The Morgan fingerprint density at radius 2 is 1.81 bits per heavy atom. The van der Waals surface area contributed by atoms with E-state index in [4.69, 9.17) is 10.2 Å². The highest BCUT2D eigenvalue weighted by Crippen LogP contribution is 2.29. The molecule has 1 atom stereocenters. The summed E-state index contributed by atoms with van der Waals surface area (Å²) in [7, 11) is 0. The van der Waals surface area contributed by atoms with E-state index < -0.39 is 30.5 Å². The highest BCUT2D eigenvalue weighted by Gasteiger charge is 2.32. The number of hydrogen-bond donors (Lipinski definition) is 4. The van der Waals surface area contributed by atoms with Crippen molar-refractivity contribution in [2.75, 3.05) is 17.2 Å². The molecule has 2 heterocycles. The molecule has 0 saturated carbocycles. The number of halogens is 3. The van der Waals surface area contributed by atoms with Crippen molar-refractivity contribution >= 4 is 23.6 Å². The number of aromatic nitrogens is 4. The van der Waals surface area contributed by atoms with Gasteiger partial charge in [-0.15, -0.1) is 0 Å². The first-order valence-electron chi connectivity index (χ1n) is 8.87. The molecule has 162 valence electrons. The zero-order valence-electron chi connectivity index (χ0n) is 16.1. The van der Waals surface area contributed by atoms with Gasteiger partial charge in [-0.1, -0.05) is 6.07 Å². The Balaban J connectivity index is 1.82. The lowest BCUT2D eigenvalue weighted by Crippen LogP contribution is -2.33. The van der Waals surface area contributed by atoms with E-state index in [0.29, 0.717) is 16.8 Å². The third-order valence-electron chi connectivity index (χ3n) is 4.05. The topological polar surface area (TPSA) is 133 Å². The Morgan fingerprint density at radius 3 is 2.42 bits per heavy atom. The predicted molar refractivity (Wildman–Crippen MR) is 105 cm³/mol. The van der Waals surface area contributed by atoms with Crippen molar-refractivity contribution in [2.24, 2.45) is 0 Å². The van der Waals surface area contributed by atoms with Gasteiger partial charge in [0.2, 0.25) is 11.9 Å². The summed E-state index contributed by atoms with van der Waals surface area (Å²) in [6.45, 7) is 1.17. The number of carboxylic acid groups (broad SMARTS) is 1. The number of nitrogens with zero attached hydrogens (tertiary/aromatic N) is 4. The van der Waals surface area contributed by atoms with Crippen LogP contribution in [0.25, 0.3) is 11.1 Å². The van der Waals surface area contributed by atoms with Crippen molar-refractivity contribution in [1.29, 1.82) is 0 Å². The van der Waals surface area contributed by atoms with Gasteiger partial charge in [-0.25, -0.2) is 24.7 Å². The third-order valence-corrected chi connectivity index (χ3v) is 4.05. The molecule has 2 aromatic heterocycles. The molecule has 0 aliphatic carbocycles. The maximum Gasteiger partial charge on any atom is 0.433 e. The van der Waals surface area contributed by atoms with Crippen molar-refractivity contribution in [3.63, 3.8) is 0 Å². The van der Waals surface area contributed by atoms with E-state index in [2.05, 4.69) is 30.6 Å². The number of aliphatic hydroxyl groups is 1. The van der Waals surface area contributed by atoms with Gasteiger partial charge >= 0.3 is 12.1 Å². The minimum atomic E-state index is -4.58. The highest BCUT2D eigenvalue weighted by molar-refractivity contribution is 5.76. The number of rotatable bonds is 7. The minimum absolute atomic E-state index is 0.0218. The maximum absolute atomic E-state index is 12.9. The number of aryl methyl sites for hydroxylation is 1. The Bertz CT molecular complexity index is 1080. The standard InChI is InChI=1S/C19H17F3N6O3/c1-10-4-11(12-7-24-17(25-8-12)27-14(9-29)16(30)31)6-13(5-10)26-18-23-3-2-15(28-18)19(20,21)22/h2-8,14,29H,9H2,1H3,(H,30,31)(H,23,26,28)(H,24,25,27)/t14-/m0/s1. The smallest absolute Gasteiger partial charge is 0.433 e. The van der Waals surface area contributed by atoms with Gasteiger partial charge in [-0.05, 0) is 36.2 Å². The van der Waals surface area contributed by atoms with Crippen molar-refractivity contribution in [1.82, 2.24) is 19.9 Å². The Hall–Kier alpha value is -3.80. The van der Waals surface area contributed by atoms with Crippen LogP contribution < -0.4 is 10.6 Å². The van der Waals surface area contributed by atoms with E-state index in [0.717, 1.165) is 17.8 Å². The second kappa shape index (κ2) is 8.92. The van der Waals surface area contributed by atoms with Crippen LogP contribution in [-0.2, 0) is 11.0 Å².